The van der Waals surface area contributed by atoms with Crippen LogP contribution in [-0.4, -0.2) is 42.0 Å². The van der Waals surface area contributed by atoms with Gasteiger partial charge < -0.3 is 10.2 Å². The van der Waals surface area contributed by atoms with Crippen molar-refractivity contribution in [1.82, 2.24) is 15.2 Å². The van der Waals surface area contributed by atoms with Crippen molar-refractivity contribution in [1.29, 1.82) is 0 Å². The highest BCUT2D eigenvalue weighted by molar-refractivity contribution is 5.76. The van der Waals surface area contributed by atoms with E-state index in [9.17, 15) is 4.79 Å². The Hall–Kier alpha value is -1.42. The number of aryl methyl sites for hydroxylation is 1. The lowest BCUT2D eigenvalue weighted by Gasteiger charge is -2.29. The molecule has 0 aliphatic carbocycles. The van der Waals surface area contributed by atoms with Crippen LogP contribution in [0.3, 0.4) is 0 Å². The van der Waals surface area contributed by atoms with Gasteiger partial charge >= 0.3 is 0 Å². The van der Waals surface area contributed by atoms with Gasteiger partial charge in [-0.3, -0.25) is 9.78 Å². The topological polar surface area (TPSA) is 45.2 Å². The fourth-order valence-electron chi connectivity index (χ4n) is 2.74. The highest BCUT2D eigenvalue weighted by atomic mass is 16.2. The lowest BCUT2D eigenvalue weighted by molar-refractivity contribution is -0.131. The highest BCUT2D eigenvalue weighted by Gasteiger charge is 2.19. The summed E-state index contributed by atoms with van der Waals surface area (Å²) in [4.78, 5) is 18.3. The van der Waals surface area contributed by atoms with E-state index in [-0.39, 0.29) is 5.91 Å². The Morgan fingerprint density at radius 2 is 2.05 bits per heavy atom. The van der Waals surface area contributed by atoms with E-state index in [0.29, 0.717) is 12.3 Å². The third kappa shape index (κ3) is 4.60. The summed E-state index contributed by atoms with van der Waals surface area (Å²) in [7, 11) is 0. The van der Waals surface area contributed by atoms with Crippen molar-refractivity contribution in [2.24, 2.45) is 5.92 Å². The van der Waals surface area contributed by atoms with Crippen molar-refractivity contribution in [3.05, 3.63) is 30.1 Å². The van der Waals surface area contributed by atoms with Crippen LogP contribution in [0, 0.1) is 5.92 Å². The molecule has 20 heavy (non-hydrogen) atoms. The van der Waals surface area contributed by atoms with Crippen LogP contribution in [0.15, 0.2) is 24.5 Å². The minimum atomic E-state index is 0.280. The monoisotopic (exact) mass is 275 g/mol. The lowest BCUT2D eigenvalue weighted by atomic mass is 9.97. The fourth-order valence-corrected chi connectivity index (χ4v) is 2.74. The Morgan fingerprint density at radius 1 is 1.35 bits per heavy atom. The Morgan fingerprint density at radius 3 is 2.70 bits per heavy atom. The van der Waals surface area contributed by atoms with Crippen LogP contribution >= 0.6 is 0 Å². The first-order valence-corrected chi connectivity index (χ1v) is 7.67. The van der Waals surface area contributed by atoms with Gasteiger partial charge in [0.05, 0.1) is 0 Å². The van der Waals surface area contributed by atoms with Gasteiger partial charge in [0, 0.05) is 31.9 Å². The van der Waals surface area contributed by atoms with Crippen molar-refractivity contribution < 1.29 is 4.79 Å². The second-order valence-electron chi connectivity index (χ2n) is 5.48. The minimum Gasteiger partial charge on any atom is -0.343 e. The van der Waals surface area contributed by atoms with Crippen LogP contribution in [-0.2, 0) is 11.2 Å². The van der Waals surface area contributed by atoms with Gasteiger partial charge in [-0.05, 0) is 62.9 Å². The number of amides is 1. The maximum absolute atomic E-state index is 12.3. The second-order valence-corrected chi connectivity index (χ2v) is 5.48. The molecular weight excluding hydrogens is 250 g/mol. The van der Waals surface area contributed by atoms with Gasteiger partial charge in [-0.1, -0.05) is 0 Å². The first-order chi connectivity index (χ1) is 9.79. The van der Waals surface area contributed by atoms with Gasteiger partial charge in [-0.15, -0.1) is 0 Å². The number of pyridine rings is 1. The van der Waals surface area contributed by atoms with Crippen LogP contribution < -0.4 is 5.32 Å². The molecule has 2 rings (SSSR count). The standard InChI is InChI=1S/C16H25N3O/c1-2-19(13-15-7-11-18-12-8-15)16(20)4-3-14-5-9-17-10-6-14/h5-6,9-10,15,18H,2-4,7-8,11-13H2,1H3. The molecule has 0 bridgehead atoms. The summed E-state index contributed by atoms with van der Waals surface area (Å²) in [6.45, 7) is 6.00. The molecule has 110 valence electrons. The molecular formula is C16H25N3O. The number of aromatic nitrogens is 1. The molecule has 1 aliphatic rings. The normalized spacial score (nSPS) is 16.1. The van der Waals surface area contributed by atoms with Crippen molar-refractivity contribution in [2.75, 3.05) is 26.2 Å². The van der Waals surface area contributed by atoms with Crippen LogP contribution in [0.25, 0.3) is 0 Å². The predicted molar refractivity (Wildman–Crippen MR) is 80.4 cm³/mol. The number of hydrogen-bond acceptors (Lipinski definition) is 3. The Balaban J connectivity index is 1.79. The molecule has 0 saturated carbocycles. The number of carbonyl (C=O) groups is 1. The van der Waals surface area contributed by atoms with Crippen LogP contribution in [0.4, 0.5) is 0 Å². The van der Waals surface area contributed by atoms with E-state index in [1.54, 1.807) is 12.4 Å². The molecule has 4 nitrogen and oxygen atoms in total. The minimum absolute atomic E-state index is 0.280. The molecule has 1 aromatic heterocycles. The predicted octanol–water partition coefficient (Wildman–Crippen LogP) is 1.86. The molecule has 4 heteroatoms. The third-order valence-electron chi connectivity index (χ3n) is 4.05. The van der Waals surface area contributed by atoms with Crippen molar-refractivity contribution in [2.45, 2.75) is 32.6 Å². The molecule has 1 saturated heterocycles. The Kier molecular flexibility index (Phi) is 5.99. The zero-order valence-corrected chi connectivity index (χ0v) is 12.3. The summed E-state index contributed by atoms with van der Waals surface area (Å²) < 4.78 is 0. The summed E-state index contributed by atoms with van der Waals surface area (Å²) in [5.74, 6) is 0.948. The quantitative estimate of drug-likeness (QED) is 0.862. The van der Waals surface area contributed by atoms with Gasteiger partial charge in [0.15, 0.2) is 0 Å². The first-order valence-electron chi connectivity index (χ1n) is 7.67. The van der Waals surface area contributed by atoms with Gasteiger partial charge in [0.2, 0.25) is 5.91 Å². The van der Waals surface area contributed by atoms with Crippen LogP contribution in [0.5, 0.6) is 0 Å². The zero-order valence-electron chi connectivity index (χ0n) is 12.3. The van der Waals surface area contributed by atoms with Crippen LogP contribution in [0.1, 0.15) is 31.7 Å². The molecule has 1 N–H and O–H groups in total. The number of nitrogens with one attached hydrogen (secondary N) is 1. The van der Waals surface area contributed by atoms with Gasteiger partial charge in [-0.25, -0.2) is 0 Å². The maximum atomic E-state index is 12.3. The fraction of sp³-hybridized carbons (Fsp3) is 0.625. The van der Waals surface area contributed by atoms with Crippen molar-refractivity contribution in [3.63, 3.8) is 0 Å². The van der Waals surface area contributed by atoms with E-state index < -0.39 is 0 Å². The number of hydrogen-bond donors (Lipinski definition) is 1. The molecule has 2 heterocycles. The van der Waals surface area contributed by atoms with Crippen LogP contribution in [0.2, 0.25) is 0 Å². The number of nitrogens with zero attached hydrogens (tertiary/aromatic N) is 2. The third-order valence-corrected chi connectivity index (χ3v) is 4.05. The summed E-state index contributed by atoms with van der Waals surface area (Å²) in [5, 5.41) is 3.37. The largest absolute Gasteiger partial charge is 0.343 e. The molecule has 1 fully saturated rings. The van der Waals surface area contributed by atoms with Gasteiger partial charge in [0.1, 0.15) is 0 Å². The highest BCUT2D eigenvalue weighted by Crippen LogP contribution is 2.14. The zero-order chi connectivity index (χ0) is 14.2. The maximum Gasteiger partial charge on any atom is 0.222 e. The average molecular weight is 275 g/mol. The Labute approximate surface area is 121 Å². The Bertz CT molecular complexity index is 401. The van der Waals surface area contributed by atoms with E-state index in [4.69, 9.17) is 0 Å². The summed E-state index contributed by atoms with van der Waals surface area (Å²) in [5.41, 5.74) is 1.19. The average Bonchev–Trinajstić information content (AvgIpc) is 2.52. The molecule has 0 radical (unpaired) electrons. The molecule has 1 aliphatic heterocycles. The molecule has 0 spiro atoms. The summed E-state index contributed by atoms with van der Waals surface area (Å²) >= 11 is 0. The second kappa shape index (κ2) is 8.00. The van der Waals surface area contributed by atoms with E-state index >= 15 is 0 Å². The molecule has 0 atom stereocenters. The van der Waals surface area contributed by atoms with Gasteiger partial charge in [-0.2, -0.15) is 0 Å². The SMILES string of the molecule is CCN(CC1CCNCC1)C(=O)CCc1ccncc1. The van der Waals surface area contributed by atoms with Gasteiger partial charge in [0.25, 0.3) is 0 Å². The molecule has 1 aromatic rings. The molecule has 0 unspecified atom stereocenters. The first kappa shape index (κ1) is 15.0. The number of rotatable bonds is 6. The van der Waals surface area contributed by atoms with Crippen molar-refractivity contribution in [3.8, 4) is 0 Å². The summed E-state index contributed by atoms with van der Waals surface area (Å²) in [6.07, 6.45) is 7.36. The van der Waals surface area contributed by atoms with Crippen molar-refractivity contribution >= 4 is 5.91 Å². The summed E-state index contributed by atoms with van der Waals surface area (Å²) in [6, 6.07) is 3.97. The smallest absolute Gasteiger partial charge is 0.222 e. The molecule has 1 amide bonds. The van der Waals surface area contributed by atoms with E-state index in [1.807, 2.05) is 17.0 Å². The lowest BCUT2D eigenvalue weighted by Crippen LogP contribution is -2.39. The van der Waals surface area contributed by atoms with E-state index in [0.717, 1.165) is 32.6 Å². The van der Waals surface area contributed by atoms with E-state index in [2.05, 4.69) is 17.2 Å². The number of piperidine rings is 1. The molecule has 0 aromatic carbocycles. The number of carbonyl (C=O) groups excluding carboxylic acids is 1. The van der Waals surface area contributed by atoms with E-state index in [1.165, 1.54) is 18.4 Å².